The molecule has 1 amide bonds. The number of β-lactam (4-membered cyclic amide) rings is 1. The number of sulfone groups is 1. The maximum absolute atomic E-state index is 14.3. The van der Waals surface area contributed by atoms with Crippen LogP contribution >= 0.6 is 0 Å². The number of amides is 1. The number of esters is 1. The Kier molecular flexibility index (Phi) is 6.36. The van der Waals surface area contributed by atoms with Gasteiger partial charge in [-0.3, -0.25) is 4.79 Å². The van der Waals surface area contributed by atoms with Crippen LogP contribution in [0.15, 0.2) is 121 Å². The third kappa shape index (κ3) is 4.01. The van der Waals surface area contributed by atoms with Crippen molar-refractivity contribution in [1.82, 2.24) is 4.90 Å². The molecule has 218 valence electrons. The van der Waals surface area contributed by atoms with Crippen molar-refractivity contribution in [3.05, 3.63) is 144 Å². The van der Waals surface area contributed by atoms with Gasteiger partial charge in [0, 0.05) is 5.92 Å². The van der Waals surface area contributed by atoms with Crippen LogP contribution in [0, 0.1) is 11.3 Å². The molecule has 2 aliphatic heterocycles. The predicted molar refractivity (Wildman–Crippen MR) is 164 cm³/mol. The second-order valence-electron chi connectivity index (χ2n) is 12.4. The average Bonchev–Trinajstić information content (AvgIpc) is 3.75. The molecule has 4 aromatic carbocycles. The summed E-state index contributed by atoms with van der Waals surface area (Å²) in [6.07, 6.45) is -0.290. The lowest BCUT2D eigenvalue weighted by Gasteiger charge is -2.45. The molecule has 1 spiro atoms. The highest BCUT2D eigenvalue weighted by Crippen LogP contribution is 2.73. The Morgan fingerprint density at radius 1 is 0.744 bits per heavy atom. The number of hydrogen-bond donors (Lipinski definition) is 0. The van der Waals surface area contributed by atoms with E-state index in [1.807, 2.05) is 121 Å². The Hall–Kier alpha value is -4.23. The zero-order chi connectivity index (χ0) is 30.0. The molecule has 0 unspecified atom stereocenters. The molecule has 0 radical (unpaired) electrons. The number of ether oxygens (including phenoxy) is 1. The number of nitrogens with zero attached hydrogens (tertiary/aromatic N) is 1. The molecule has 2 saturated heterocycles. The first-order chi connectivity index (χ1) is 20.7. The van der Waals surface area contributed by atoms with Crippen LogP contribution in [0.1, 0.15) is 54.5 Å². The summed E-state index contributed by atoms with van der Waals surface area (Å²) in [6, 6.07) is 37.4. The number of carbonyl (C=O) groups excluding carboxylic acids is 2. The number of fused-ring (bicyclic) bond motifs is 2. The smallest absolute Gasteiger partial charge is 0.331 e. The summed E-state index contributed by atoms with van der Waals surface area (Å²) in [5.74, 6) is -1.32. The topological polar surface area (TPSA) is 80.8 Å². The Balaban J connectivity index is 1.24. The van der Waals surface area contributed by atoms with Crippen LogP contribution in [0.25, 0.3) is 0 Å². The monoisotopic (exact) mass is 591 g/mol. The van der Waals surface area contributed by atoms with E-state index >= 15 is 0 Å². The van der Waals surface area contributed by atoms with Crippen molar-refractivity contribution in [1.29, 1.82) is 0 Å². The van der Waals surface area contributed by atoms with Gasteiger partial charge in [0.1, 0.15) is 11.4 Å². The average molecular weight is 592 g/mol. The van der Waals surface area contributed by atoms with Gasteiger partial charge in [0.15, 0.2) is 15.9 Å². The maximum Gasteiger partial charge on any atom is 0.331 e. The van der Waals surface area contributed by atoms with Gasteiger partial charge in [-0.05, 0) is 48.4 Å². The summed E-state index contributed by atoms with van der Waals surface area (Å²) in [6.45, 7) is 3.10. The quantitative estimate of drug-likeness (QED) is 0.197. The molecule has 1 saturated carbocycles. The molecule has 4 atom stereocenters. The fraction of sp³-hybridized carbons (Fsp3) is 0.278. The van der Waals surface area contributed by atoms with E-state index in [0.717, 1.165) is 22.3 Å². The minimum atomic E-state index is -3.93. The van der Waals surface area contributed by atoms with Gasteiger partial charge >= 0.3 is 5.97 Å². The molecule has 0 aromatic heterocycles. The molecule has 7 heteroatoms. The second kappa shape index (κ2) is 9.91. The van der Waals surface area contributed by atoms with Crippen LogP contribution in [0.3, 0.4) is 0 Å². The first-order valence-corrected chi connectivity index (χ1v) is 16.2. The molecule has 0 bridgehead atoms. The van der Waals surface area contributed by atoms with Crippen molar-refractivity contribution >= 4 is 21.7 Å². The van der Waals surface area contributed by atoms with Gasteiger partial charge in [-0.1, -0.05) is 121 Å². The standard InChI is InChI=1S/C36H33NO5S/c1-35(2)31(32(38)42-30(26-19-11-5-12-20-26)27-21-13-6-14-22-27)37-33(39)36(34(37)43(35,40)41)23-28(36)29(24-15-7-3-8-16-24)25-17-9-4-10-18-25/h3-22,28-31,34H,23H2,1-2H3/t28-,31-,34+,36-/m0/s1. The van der Waals surface area contributed by atoms with E-state index in [1.54, 1.807) is 13.8 Å². The number of rotatable bonds is 7. The molecular formula is C36H33NO5S. The van der Waals surface area contributed by atoms with Gasteiger partial charge in [0.2, 0.25) is 5.91 Å². The van der Waals surface area contributed by atoms with Crippen molar-refractivity contribution in [2.75, 3.05) is 0 Å². The fourth-order valence-corrected chi connectivity index (χ4v) is 10.0. The third-order valence-corrected chi connectivity index (χ3v) is 12.7. The Morgan fingerprint density at radius 3 is 1.60 bits per heavy atom. The predicted octanol–water partition coefficient (Wildman–Crippen LogP) is 5.90. The minimum absolute atomic E-state index is 0.140. The SMILES string of the molecule is CC1(C)[C@H](C(=O)OC(c2ccccc2)c2ccccc2)N2C(=O)[C@@]3(C[C@H]3C(c3ccccc3)c3ccccc3)[C@H]2S1(=O)=O. The van der Waals surface area contributed by atoms with Crippen LogP contribution in [0.4, 0.5) is 0 Å². The van der Waals surface area contributed by atoms with Gasteiger partial charge in [-0.15, -0.1) is 0 Å². The van der Waals surface area contributed by atoms with E-state index in [4.69, 9.17) is 4.74 Å². The molecule has 3 fully saturated rings. The molecule has 2 heterocycles. The molecule has 3 aliphatic rings. The van der Waals surface area contributed by atoms with Crippen molar-refractivity contribution < 1.29 is 22.7 Å². The molecular weight excluding hydrogens is 558 g/mol. The zero-order valence-electron chi connectivity index (χ0n) is 24.0. The maximum atomic E-state index is 14.3. The largest absolute Gasteiger partial charge is 0.451 e. The highest BCUT2D eigenvalue weighted by Gasteiger charge is 2.86. The summed E-state index contributed by atoms with van der Waals surface area (Å²) >= 11 is 0. The molecule has 7 rings (SSSR count). The lowest BCUT2D eigenvalue weighted by molar-refractivity contribution is -0.171. The normalized spacial score (nSPS) is 26.3. The van der Waals surface area contributed by atoms with Gasteiger partial charge in [0.05, 0.1) is 10.2 Å². The Labute approximate surface area is 252 Å². The van der Waals surface area contributed by atoms with Crippen molar-refractivity contribution in [3.63, 3.8) is 0 Å². The van der Waals surface area contributed by atoms with Crippen LogP contribution < -0.4 is 0 Å². The molecule has 43 heavy (non-hydrogen) atoms. The Bertz CT molecular complexity index is 1700. The van der Waals surface area contributed by atoms with Gasteiger partial charge in [-0.2, -0.15) is 0 Å². The summed E-state index contributed by atoms with van der Waals surface area (Å²) in [4.78, 5) is 29.5. The zero-order valence-corrected chi connectivity index (χ0v) is 24.9. The first kappa shape index (κ1) is 27.6. The van der Waals surface area contributed by atoms with Gasteiger partial charge < -0.3 is 9.64 Å². The molecule has 4 aromatic rings. The number of carbonyl (C=O) groups is 2. The third-order valence-electron chi connectivity index (χ3n) is 9.73. The molecule has 6 nitrogen and oxygen atoms in total. The van der Waals surface area contributed by atoms with Crippen LogP contribution in [0.2, 0.25) is 0 Å². The van der Waals surface area contributed by atoms with E-state index in [-0.39, 0.29) is 17.7 Å². The van der Waals surface area contributed by atoms with Gasteiger partial charge in [0.25, 0.3) is 0 Å². The highest BCUT2D eigenvalue weighted by atomic mass is 32.2. The van der Waals surface area contributed by atoms with E-state index in [0.29, 0.717) is 6.42 Å². The van der Waals surface area contributed by atoms with E-state index in [1.165, 1.54) is 4.90 Å². The van der Waals surface area contributed by atoms with Crippen LogP contribution in [0.5, 0.6) is 0 Å². The minimum Gasteiger partial charge on any atom is -0.451 e. The van der Waals surface area contributed by atoms with Crippen molar-refractivity contribution in [2.24, 2.45) is 11.3 Å². The number of benzene rings is 4. The van der Waals surface area contributed by atoms with Crippen molar-refractivity contribution in [2.45, 2.75) is 48.5 Å². The second-order valence-corrected chi connectivity index (χ2v) is 15.0. The van der Waals surface area contributed by atoms with Gasteiger partial charge in [-0.25, -0.2) is 13.2 Å². The summed E-state index contributed by atoms with van der Waals surface area (Å²) in [5, 5.41) is -1.06. The first-order valence-electron chi connectivity index (χ1n) is 14.7. The number of hydrogen-bond acceptors (Lipinski definition) is 5. The van der Waals surface area contributed by atoms with Crippen LogP contribution in [-0.4, -0.2) is 41.4 Å². The Morgan fingerprint density at radius 2 is 1.16 bits per heavy atom. The molecule has 1 aliphatic carbocycles. The summed E-state index contributed by atoms with van der Waals surface area (Å²) in [5.41, 5.74) is 2.56. The summed E-state index contributed by atoms with van der Waals surface area (Å²) < 4.78 is 33.1. The van der Waals surface area contributed by atoms with E-state index in [9.17, 15) is 18.0 Å². The molecule has 0 N–H and O–H groups in total. The van der Waals surface area contributed by atoms with E-state index < -0.39 is 43.5 Å². The fourth-order valence-electron chi connectivity index (χ4n) is 7.48. The summed E-state index contributed by atoms with van der Waals surface area (Å²) in [7, 11) is -3.93. The lowest BCUT2D eigenvalue weighted by atomic mass is 9.79. The van der Waals surface area contributed by atoms with Crippen LogP contribution in [-0.2, 0) is 24.2 Å². The lowest BCUT2D eigenvalue weighted by Crippen LogP contribution is -2.66. The highest BCUT2D eigenvalue weighted by molar-refractivity contribution is 7.94. The van der Waals surface area contributed by atoms with E-state index in [2.05, 4.69) is 0 Å². The van der Waals surface area contributed by atoms with Crippen molar-refractivity contribution in [3.8, 4) is 0 Å².